The van der Waals surface area contributed by atoms with Crippen LogP contribution in [0, 0.1) is 5.92 Å². The van der Waals surface area contributed by atoms with E-state index in [1.54, 1.807) is 55.6 Å². The van der Waals surface area contributed by atoms with Gasteiger partial charge in [-0.3, -0.25) is 9.59 Å². The van der Waals surface area contributed by atoms with Gasteiger partial charge in [0.1, 0.15) is 17.3 Å². The molecule has 3 rings (SSSR count). The van der Waals surface area contributed by atoms with Crippen molar-refractivity contribution in [3.63, 3.8) is 0 Å². The first-order chi connectivity index (χ1) is 16.2. The summed E-state index contributed by atoms with van der Waals surface area (Å²) in [4.78, 5) is 27.5. The van der Waals surface area contributed by atoms with Crippen LogP contribution in [-0.4, -0.2) is 54.7 Å². The van der Waals surface area contributed by atoms with Gasteiger partial charge in [-0.15, -0.1) is 0 Å². The van der Waals surface area contributed by atoms with Gasteiger partial charge >= 0.3 is 0 Å². The Morgan fingerprint density at radius 1 is 0.971 bits per heavy atom. The first-order valence-electron chi connectivity index (χ1n) is 11.5. The van der Waals surface area contributed by atoms with Crippen LogP contribution in [0.4, 0.5) is 0 Å². The SMILES string of the molecule is COc1ccc(C2/C(=C(/O)c3ccc(OCC(C)C)cc3)C(=O)C(=O)N2CCOC(C)C)cc1. The van der Waals surface area contributed by atoms with Crippen LogP contribution in [0.1, 0.15) is 44.9 Å². The predicted octanol–water partition coefficient (Wildman–Crippen LogP) is 4.58. The number of ether oxygens (including phenoxy) is 3. The molecule has 2 aromatic rings. The standard InChI is InChI=1S/C27H33NO6/c1-17(2)16-34-22-12-8-20(9-13-22)25(29)23-24(19-6-10-21(32-5)11-7-19)28(27(31)26(23)30)14-15-33-18(3)4/h6-13,17-18,24,29H,14-16H2,1-5H3/b25-23-. The molecule has 0 aliphatic carbocycles. The number of aliphatic hydroxyl groups is 1. The third-order valence-electron chi connectivity index (χ3n) is 5.47. The summed E-state index contributed by atoms with van der Waals surface area (Å²) in [5.41, 5.74) is 1.19. The van der Waals surface area contributed by atoms with Crippen molar-refractivity contribution in [2.45, 2.75) is 39.8 Å². The van der Waals surface area contributed by atoms with Crippen LogP contribution in [0.3, 0.4) is 0 Å². The van der Waals surface area contributed by atoms with E-state index in [4.69, 9.17) is 14.2 Å². The summed E-state index contributed by atoms with van der Waals surface area (Å²) in [7, 11) is 1.57. The fraction of sp³-hybridized carbons (Fsp3) is 0.407. The van der Waals surface area contributed by atoms with Gasteiger partial charge in [-0.05, 0) is 61.7 Å². The number of carbonyl (C=O) groups excluding carboxylic acids is 2. The summed E-state index contributed by atoms with van der Waals surface area (Å²) in [6.45, 7) is 9.01. The molecule has 0 saturated carbocycles. The van der Waals surface area contributed by atoms with E-state index in [2.05, 4.69) is 13.8 Å². The number of amides is 1. The van der Waals surface area contributed by atoms with Crippen molar-refractivity contribution < 1.29 is 28.9 Å². The van der Waals surface area contributed by atoms with Crippen LogP contribution in [0.15, 0.2) is 54.1 Å². The van der Waals surface area contributed by atoms with Gasteiger partial charge in [0.2, 0.25) is 0 Å². The highest BCUT2D eigenvalue weighted by Gasteiger charge is 2.45. The van der Waals surface area contributed by atoms with Crippen LogP contribution in [0.25, 0.3) is 5.76 Å². The second-order valence-electron chi connectivity index (χ2n) is 8.91. The number of aliphatic hydroxyl groups excluding tert-OH is 1. The van der Waals surface area contributed by atoms with Crippen LogP contribution in [-0.2, 0) is 14.3 Å². The molecule has 1 N–H and O–H groups in total. The van der Waals surface area contributed by atoms with E-state index in [0.717, 1.165) is 0 Å². The Balaban J connectivity index is 1.99. The number of hydrogen-bond acceptors (Lipinski definition) is 6. The zero-order valence-electron chi connectivity index (χ0n) is 20.4. The molecular weight excluding hydrogens is 434 g/mol. The molecule has 2 aromatic carbocycles. The van der Waals surface area contributed by atoms with Crippen LogP contribution in [0.2, 0.25) is 0 Å². The van der Waals surface area contributed by atoms with Gasteiger partial charge in [-0.1, -0.05) is 26.0 Å². The number of methoxy groups -OCH3 is 1. The molecule has 1 atom stereocenters. The molecule has 7 nitrogen and oxygen atoms in total. The molecule has 1 aliphatic heterocycles. The van der Waals surface area contributed by atoms with Crippen LogP contribution >= 0.6 is 0 Å². The summed E-state index contributed by atoms with van der Waals surface area (Å²) in [5.74, 6) is 0.105. The number of hydrogen-bond donors (Lipinski definition) is 1. The van der Waals surface area contributed by atoms with E-state index in [1.807, 2.05) is 13.8 Å². The largest absolute Gasteiger partial charge is 0.507 e. The fourth-order valence-corrected chi connectivity index (χ4v) is 3.76. The fourth-order valence-electron chi connectivity index (χ4n) is 3.76. The monoisotopic (exact) mass is 467 g/mol. The Morgan fingerprint density at radius 2 is 1.59 bits per heavy atom. The van der Waals surface area contributed by atoms with Gasteiger partial charge in [0.05, 0.1) is 38.0 Å². The van der Waals surface area contributed by atoms with E-state index in [9.17, 15) is 14.7 Å². The Bertz CT molecular complexity index is 1020. The quantitative estimate of drug-likeness (QED) is 0.313. The predicted molar refractivity (Wildman–Crippen MR) is 130 cm³/mol. The molecule has 1 saturated heterocycles. The number of Topliss-reactive ketones (excluding diaryl/α,β-unsaturated/α-hetero) is 1. The zero-order valence-corrected chi connectivity index (χ0v) is 20.4. The lowest BCUT2D eigenvalue weighted by atomic mass is 9.95. The van der Waals surface area contributed by atoms with Crippen molar-refractivity contribution in [3.8, 4) is 11.5 Å². The van der Waals surface area contributed by atoms with Gasteiger partial charge in [-0.25, -0.2) is 0 Å². The van der Waals surface area contributed by atoms with Crippen LogP contribution in [0.5, 0.6) is 11.5 Å². The number of benzene rings is 2. The lowest BCUT2D eigenvalue weighted by molar-refractivity contribution is -0.140. The first-order valence-corrected chi connectivity index (χ1v) is 11.5. The third kappa shape index (κ3) is 5.78. The third-order valence-corrected chi connectivity index (χ3v) is 5.47. The topological polar surface area (TPSA) is 85.3 Å². The molecule has 7 heteroatoms. The summed E-state index contributed by atoms with van der Waals surface area (Å²) in [6.07, 6.45) is -0.00677. The lowest BCUT2D eigenvalue weighted by Gasteiger charge is -2.25. The lowest BCUT2D eigenvalue weighted by Crippen LogP contribution is -2.33. The summed E-state index contributed by atoms with van der Waals surface area (Å²) in [5, 5.41) is 11.2. The maximum Gasteiger partial charge on any atom is 0.295 e. The molecule has 0 aromatic heterocycles. The Labute approximate surface area is 200 Å². The molecule has 0 radical (unpaired) electrons. The molecule has 1 fully saturated rings. The minimum Gasteiger partial charge on any atom is -0.507 e. The molecule has 1 amide bonds. The van der Waals surface area contributed by atoms with Crippen molar-refractivity contribution in [1.82, 2.24) is 4.90 Å². The first kappa shape index (κ1) is 25.3. The van der Waals surface area contributed by atoms with Gasteiger partial charge < -0.3 is 24.2 Å². The number of carbonyl (C=O) groups is 2. The van der Waals surface area contributed by atoms with Crippen molar-refractivity contribution >= 4 is 17.4 Å². The average Bonchev–Trinajstić information content (AvgIpc) is 3.07. The van der Waals surface area contributed by atoms with E-state index < -0.39 is 17.7 Å². The highest BCUT2D eigenvalue weighted by atomic mass is 16.5. The van der Waals surface area contributed by atoms with Gasteiger partial charge in [0.15, 0.2) is 0 Å². The Hall–Kier alpha value is -3.32. The number of likely N-dealkylation sites (tertiary alicyclic amines) is 1. The average molecular weight is 468 g/mol. The highest BCUT2D eigenvalue weighted by molar-refractivity contribution is 6.46. The molecule has 34 heavy (non-hydrogen) atoms. The van der Waals surface area contributed by atoms with Crippen molar-refractivity contribution in [1.29, 1.82) is 0 Å². The minimum absolute atomic E-state index is 0.00677. The van der Waals surface area contributed by atoms with Gasteiger partial charge in [-0.2, -0.15) is 0 Å². The van der Waals surface area contributed by atoms with Crippen molar-refractivity contribution in [2.75, 3.05) is 26.9 Å². The second kappa shape index (κ2) is 11.2. The van der Waals surface area contributed by atoms with Crippen molar-refractivity contribution in [3.05, 3.63) is 65.2 Å². The molecule has 0 spiro atoms. The maximum absolute atomic E-state index is 13.1. The smallest absolute Gasteiger partial charge is 0.295 e. The second-order valence-corrected chi connectivity index (χ2v) is 8.91. The Kier molecular flexibility index (Phi) is 8.34. The normalized spacial score (nSPS) is 17.6. The van der Waals surface area contributed by atoms with E-state index >= 15 is 0 Å². The van der Waals surface area contributed by atoms with Crippen LogP contribution < -0.4 is 9.47 Å². The summed E-state index contributed by atoms with van der Waals surface area (Å²) < 4.78 is 16.6. The molecule has 1 aliphatic rings. The summed E-state index contributed by atoms with van der Waals surface area (Å²) >= 11 is 0. The molecule has 0 bridgehead atoms. The number of rotatable bonds is 10. The van der Waals surface area contributed by atoms with E-state index in [0.29, 0.717) is 35.2 Å². The molecule has 1 unspecified atom stereocenters. The Morgan fingerprint density at radius 3 is 2.15 bits per heavy atom. The minimum atomic E-state index is -0.737. The summed E-state index contributed by atoms with van der Waals surface area (Å²) in [6, 6.07) is 13.2. The number of nitrogens with zero attached hydrogens (tertiary/aromatic N) is 1. The van der Waals surface area contributed by atoms with Gasteiger partial charge in [0, 0.05) is 12.1 Å². The van der Waals surface area contributed by atoms with E-state index in [-0.39, 0.29) is 30.6 Å². The van der Waals surface area contributed by atoms with Gasteiger partial charge in [0.25, 0.3) is 11.7 Å². The highest BCUT2D eigenvalue weighted by Crippen LogP contribution is 2.39. The number of ketones is 1. The zero-order chi connectivity index (χ0) is 24.8. The molecule has 182 valence electrons. The maximum atomic E-state index is 13.1. The van der Waals surface area contributed by atoms with Crippen molar-refractivity contribution in [2.24, 2.45) is 5.92 Å². The molecule has 1 heterocycles. The molecular formula is C27H33NO6. The van der Waals surface area contributed by atoms with E-state index in [1.165, 1.54) is 4.90 Å².